The molecule has 0 saturated carbocycles. The first-order valence-electron chi connectivity index (χ1n) is 4.22. The average molecular weight is 274 g/mol. The first kappa shape index (κ1) is 11.8. The van der Waals surface area contributed by atoms with Crippen molar-refractivity contribution in [3.05, 3.63) is 21.9 Å². The van der Waals surface area contributed by atoms with Crippen LogP contribution in [0.2, 0.25) is 0 Å². The minimum absolute atomic E-state index is 0.0341. The zero-order valence-corrected chi connectivity index (χ0v) is 9.64. The number of benzene rings is 1. The molecule has 0 heterocycles. The number of methoxy groups -OCH3 is 1. The van der Waals surface area contributed by atoms with Crippen LogP contribution in [0.1, 0.15) is 12.0 Å². The minimum Gasteiger partial charge on any atom is -0.506 e. The summed E-state index contributed by atoms with van der Waals surface area (Å²) in [5.41, 5.74) is 0.390. The SMILES string of the molecule is COc1c(F)cc(CCC#N)c(O)c1Br. The highest BCUT2D eigenvalue weighted by atomic mass is 79.9. The number of rotatable bonds is 3. The topological polar surface area (TPSA) is 53.2 Å². The number of hydrogen-bond acceptors (Lipinski definition) is 3. The average Bonchev–Trinajstić information content (AvgIpc) is 2.22. The van der Waals surface area contributed by atoms with Crippen LogP contribution in [-0.2, 0) is 6.42 Å². The summed E-state index contributed by atoms with van der Waals surface area (Å²) in [6.45, 7) is 0. The summed E-state index contributed by atoms with van der Waals surface area (Å²) >= 11 is 3.04. The molecule has 0 spiro atoms. The van der Waals surface area contributed by atoms with Crippen molar-refractivity contribution in [2.75, 3.05) is 7.11 Å². The van der Waals surface area contributed by atoms with Crippen molar-refractivity contribution in [2.24, 2.45) is 0 Å². The Kier molecular flexibility index (Phi) is 3.92. The third-order valence-corrected chi connectivity index (χ3v) is 2.68. The quantitative estimate of drug-likeness (QED) is 0.922. The van der Waals surface area contributed by atoms with Crippen molar-refractivity contribution in [1.29, 1.82) is 5.26 Å². The van der Waals surface area contributed by atoms with E-state index in [1.165, 1.54) is 13.2 Å². The van der Waals surface area contributed by atoms with Crippen LogP contribution in [-0.4, -0.2) is 12.2 Å². The van der Waals surface area contributed by atoms with Crippen LogP contribution in [0.15, 0.2) is 10.5 Å². The third kappa shape index (κ3) is 2.39. The number of halogens is 2. The molecule has 1 aromatic carbocycles. The molecule has 0 unspecified atom stereocenters. The Morgan fingerprint density at radius 2 is 2.33 bits per heavy atom. The summed E-state index contributed by atoms with van der Waals surface area (Å²) < 4.78 is 18.3. The van der Waals surface area contributed by atoms with E-state index in [2.05, 4.69) is 15.9 Å². The molecule has 1 N–H and O–H groups in total. The van der Waals surface area contributed by atoms with Gasteiger partial charge in [-0.2, -0.15) is 5.26 Å². The lowest BCUT2D eigenvalue weighted by Gasteiger charge is -2.10. The van der Waals surface area contributed by atoms with E-state index in [9.17, 15) is 9.50 Å². The number of ether oxygens (including phenoxy) is 1. The maximum atomic E-state index is 13.4. The van der Waals surface area contributed by atoms with E-state index in [-0.39, 0.29) is 22.4 Å². The van der Waals surface area contributed by atoms with Crippen LogP contribution in [0.5, 0.6) is 11.5 Å². The molecule has 0 amide bonds. The molecule has 0 bridgehead atoms. The summed E-state index contributed by atoms with van der Waals surface area (Å²) in [5, 5.41) is 18.1. The normalized spacial score (nSPS) is 9.73. The molecule has 0 saturated heterocycles. The van der Waals surface area contributed by atoms with E-state index in [1.54, 1.807) is 0 Å². The van der Waals surface area contributed by atoms with Crippen LogP contribution in [0.25, 0.3) is 0 Å². The lowest BCUT2D eigenvalue weighted by molar-refractivity contribution is 0.375. The zero-order chi connectivity index (χ0) is 11.4. The van der Waals surface area contributed by atoms with Gasteiger partial charge in [0.1, 0.15) is 10.2 Å². The van der Waals surface area contributed by atoms with Gasteiger partial charge in [0.05, 0.1) is 13.2 Å². The van der Waals surface area contributed by atoms with Gasteiger partial charge < -0.3 is 9.84 Å². The van der Waals surface area contributed by atoms with Gasteiger partial charge in [0.15, 0.2) is 11.6 Å². The van der Waals surface area contributed by atoms with Gasteiger partial charge >= 0.3 is 0 Å². The molecular formula is C10H9BrFNO2. The number of aryl methyl sites for hydroxylation is 1. The van der Waals surface area contributed by atoms with Crippen molar-refractivity contribution in [2.45, 2.75) is 12.8 Å². The van der Waals surface area contributed by atoms with Gasteiger partial charge in [0.2, 0.25) is 0 Å². The second-order valence-corrected chi connectivity index (χ2v) is 3.66. The molecule has 3 nitrogen and oxygen atoms in total. The predicted octanol–water partition coefficient (Wildman–Crippen LogP) is 2.76. The van der Waals surface area contributed by atoms with Gasteiger partial charge in [-0.05, 0) is 34.0 Å². The van der Waals surface area contributed by atoms with Gasteiger partial charge in [0.25, 0.3) is 0 Å². The Morgan fingerprint density at radius 3 is 2.87 bits per heavy atom. The zero-order valence-electron chi connectivity index (χ0n) is 8.05. The molecule has 0 atom stereocenters. The summed E-state index contributed by atoms with van der Waals surface area (Å²) in [4.78, 5) is 0. The Hall–Kier alpha value is -1.28. The summed E-state index contributed by atoms with van der Waals surface area (Å²) in [6.07, 6.45) is 0.535. The van der Waals surface area contributed by atoms with E-state index >= 15 is 0 Å². The summed E-state index contributed by atoms with van der Waals surface area (Å²) in [7, 11) is 1.32. The monoisotopic (exact) mass is 273 g/mol. The van der Waals surface area contributed by atoms with E-state index in [0.29, 0.717) is 12.0 Å². The molecule has 15 heavy (non-hydrogen) atoms. The van der Waals surface area contributed by atoms with Crippen LogP contribution in [0.4, 0.5) is 4.39 Å². The minimum atomic E-state index is -0.560. The molecule has 0 aliphatic rings. The molecule has 0 aliphatic carbocycles. The number of phenols is 1. The highest BCUT2D eigenvalue weighted by molar-refractivity contribution is 9.10. The molecule has 0 aliphatic heterocycles. The highest BCUT2D eigenvalue weighted by Gasteiger charge is 2.16. The number of hydrogen-bond donors (Lipinski definition) is 1. The second kappa shape index (κ2) is 4.99. The molecule has 0 aromatic heterocycles. The van der Waals surface area contributed by atoms with Gasteiger partial charge in [-0.1, -0.05) is 0 Å². The Labute approximate surface area is 95.2 Å². The largest absolute Gasteiger partial charge is 0.506 e. The van der Waals surface area contributed by atoms with E-state index in [1.807, 2.05) is 6.07 Å². The third-order valence-electron chi connectivity index (χ3n) is 1.94. The maximum absolute atomic E-state index is 13.4. The Bertz CT molecular complexity index is 415. The standard InChI is InChI=1S/C10H9BrFNO2/c1-15-10-7(12)5-6(3-2-4-13)9(14)8(10)11/h5,14H,2-3H2,1H3. The van der Waals surface area contributed by atoms with Crippen molar-refractivity contribution in [1.82, 2.24) is 0 Å². The maximum Gasteiger partial charge on any atom is 0.172 e. The van der Waals surface area contributed by atoms with Gasteiger partial charge in [-0.3, -0.25) is 0 Å². The molecule has 5 heteroatoms. The lowest BCUT2D eigenvalue weighted by Crippen LogP contribution is -1.94. The summed E-state index contributed by atoms with van der Waals surface area (Å²) in [5.74, 6) is -0.674. The summed E-state index contributed by atoms with van der Waals surface area (Å²) in [6, 6.07) is 3.11. The number of phenolic OH excluding ortho intramolecular Hbond substituents is 1. The van der Waals surface area contributed by atoms with Crippen LogP contribution < -0.4 is 4.74 Å². The highest BCUT2D eigenvalue weighted by Crippen LogP contribution is 2.38. The molecular weight excluding hydrogens is 265 g/mol. The van der Waals surface area contributed by atoms with E-state index in [4.69, 9.17) is 10.00 Å². The first-order chi connectivity index (χ1) is 7.11. The van der Waals surface area contributed by atoms with Gasteiger partial charge in [-0.15, -0.1) is 0 Å². The number of nitrogens with zero attached hydrogens (tertiary/aromatic N) is 1. The van der Waals surface area contributed by atoms with E-state index < -0.39 is 5.82 Å². The second-order valence-electron chi connectivity index (χ2n) is 2.87. The van der Waals surface area contributed by atoms with Crippen molar-refractivity contribution in [3.63, 3.8) is 0 Å². The fourth-order valence-corrected chi connectivity index (χ4v) is 1.81. The fourth-order valence-electron chi connectivity index (χ4n) is 1.21. The molecule has 80 valence electrons. The Balaban J connectivity index is 3.17. The number of aromatic hydroxyl groups is 1. The fraction of sp³-hybridized carbons (Fsp3) is 0.300. The molecule has 0 fully saturated rings. The first-order valence-corrected chi connectivity index (χ1v) is 5.02. The van der Waals surface area contributed by atoms with Gasteiger partial charge in [0, 0.05) is 6.42 Å². The molecule has 0 radical (unpaired) electrons. The van der Waals surface area contributed by atoms with Crippen LogP contribution >= 0.6 is 15.9 Å². The van der Waals surface area contributed by atoms with Crippen LogP contribution in [0, 0.1) is 17.1 Å². The van der Waals surface area contributed by atoms with Gasteiger partial charge in [-0.25, -0.2) is 4.39 Å². The van der Waals surface area contributed by atoms with E-state index in [0.717, 1.165) is 0 Å². The lowest BCUT2D eigenvalue weighted by atomic mass is 10.1. The number of nitriles is 1. The predicted molar refractivity (Wildman–Crippen MR) is 56.3 cm³/mol. The van der Waals surface area contributed by atoms with Crippen molar-refractivity contribution < 1.29 is 14.2 Å². The molecule has 1 rings (SSSR count). The molecule has 1 aromatic rings. The van der Waals surface area contributed by atoms with Crippen molar-refractivity contribution in [3.8, 4) is 17.6 Å². The van der Waals surface area contributed by atoms with Crippen molar-refractivity contribution >= 4 is 15.9 Å². The Morgan fingerprint density at radius 1 is 1.67 bits per heavy atom. The smallest absolute Gasteiger partial charge is 0.172 e. The van der Waals surface area contributed by atoms with Crippen LogP contribution in [0.3, 0.4) is 0 Å².